The average molecular weight is 245 g/mol. The maximum atomic E-state index is 11.5. The van der Waals surface area contributed by atoms with Crippen LogP contribution in [0.3, 0.4) is 0 Å². The van der Waals surface area contributed by atoms with E-state index in [0.717, 1.165) is 5.56 Å². The second kappa shape index (κ2) is 4.59. The van der Waals surface area contributed by atoms with E-state index in [4.69, 9.17) is 4.42 Å². The summed E-state index contributed by atoms with van der Waals surface area (Å²) in [7, 11) is -3.05. The Bertz CT molecular complexity index is 420. The molecule has 16 heavy (non-hydrogen) atoms. The van der Waals surface area contributed by atoms with Gasteiger partial charge in [0.1, 0.15) is 0 Å². The lowest BCUT2D eigenvalue weighted by Crippen LogP contribution is -2.42. The van der Waals surface area contributed by atoms with Crippen molar-refractivity contribution in [3.63, 3.8) is 0 Å². The molecule has 1 atom stereocenters. The van der Waals surface area contributed by atoms with Gasteiger partial charge in [-0.1, -0.05) is 0 Å². The topological polar surface area (TPSA) is 59.3 Å². The van der Waals surface area contributed by atoms with E-state index in [9.17, 15) is 8.42 Å². The molecule has 1 unspecified atom stereocenters. The van der Waals surface area contributed by atoms with E-state index < -0.39 is 14.6 Å². The summed E-state index contributed by atoms with van der Waals surface area (Å²) in [5.74, 6) is 0. The first-order chi connectivity index (χ1) is 7.24. The van der Waals surface area contributed by atoms with E-state index in [-0.39, 0.29) is 6.04 Å². The van der Waals surface area contributed by atoms with Gasteiger partial charge in [-0.3, -0.25) is 0 Å². The van der Waals surface area contributed by atoms with Crippen LogP contribution in [0.25, 0.3) is 0 Å². The number of sulfone groups is 1. The molecular weight excluding hydrogens is 226 g/mol. The summed E-state index contributed by atoms with van der Waals surface area (Å²) in [6.07, 6.45) is 4.53. The fraction of sp³-hybridized carbons (Fsp3) is 0.636. The van der Waals surface area contributed by atoms with Crippen LogP contribution >= 0.6 is 0 Å². The van der Waals surface area contributed by atoms with Gasteiger partial charge in [-0.2, -0.15) is 0 Å². The van der Waals surface area contributed by atoms with Crippen molar-refractivity contribution in [3.05, 3.63) is 24.2 Å². The van der Waals surface area contributed by atoms with Crippen LogP contribution in [0.4, 0.5) is 0 Å². The minimum absolute atomic E-state index is 0.0831. The Kier molecular flexibility index (Phi) is 3.80. The van der Waals surface area contributed by atoms with E-state index in [1.54, 1.807) is 26.4 Å². The SMILES string of the molecule is CC(NCC(C)(C)S(C)(=O)=O)c1ccoc1. The van der Waals surface area contributed by atoms with Crippen molar-refractivity contribution in [2.45, 2.75) is 31.6 Å². The van der Waals surface area contributed by atoms with Gasteiger partial charge in [0, 0.05) is 24.4 Å². The Morgan fingerprint density at radius 1 is 1.50 bits per heavy atom. The van der Waals surface area contributed by atoms with Gasteiger partial charge in [-0.25, -0.2) is 8.42 Å². The zero-order valence-electron chi connectivity index (χ0n) is 10.1. The van der Waals surface area contributed by atoms with Crippen LogP contribution in [0, 0.1) is 0 Å². The van der Waals surface area contributed by atoms with Crippen molar-refractivity contribution >= 4 is 9.84 Å². The molecule has 1 N–H and O–H groups in total. The first-order valence-corrected chi connectivity index (χ1v) is 7.08. The largest absolute Gasteiger partial charge is 0.472 e. The molecule has 0 bridgehead atoms. The standard InChI is InChI=1S/C11H19NO3S/c1-9(10-5-6-15-7-10)12-8-11(2,3)16(4,13)14/h5-7,9,12H,8H2,1-4H3. The molecule has 0 fully saturated rings. The van der Waals surface area contributed by atoms with Gasteiger partial charge >= 0.3 is 0 Å². The molecule has 0 aliphatic carbocycles. The Balaban J connectivity index is 2.59. The first-order valence-electron chi connectivity index (χ1n) is 5.19. The highest BCUT2D eigenvalue weighted by Crippen LogP contribution is 2.17. The van der Waals surface area contributed by atoms with Crippen LogP contribution < -0.4 is 5.32 Å². The van der Waals surface area contributed by atoms with E-state index in [1.807, 2.05) is 13.0 Å². The van der Waals surface area contributed by atoms with Gasteiger partial charge in [-0.15, -0.1) is 0 Å². The lowest BCUT2D eigenvalue weighted by molar-refractivity contribution is 0.484. The molecule has 0 saturated carbocycles. The monoisotopic (exact) mass is 245 g/mol. The molecule has 0 aromatic carbocycles. The van der Waals surface area contributed by atoms with Crippen LogP contribution in [0.5, 0.6) is 0 Å². The van der Waals surface area contributed by atoms with E-state index in [0.29, 0.717) is 6.54 Å². The Morgan fingerprint density at radius 2 is 2.12 bits per heavy atom. The van der Waals surface area contributed by atoms with E-state index in [1.165, 1.54) is 6.26 Å². The average Bonchev–Trinajstić information content (AvgIpc) is 2.65. The molecule has 1 aromatic rings. The number of nitrogens with one attached hydrogen (secondary N) is 1. The highest BCUT2D eigenvalue weighted by atomic mass is 32.2. The van der Waals surface area contributed by atoms with Crippen molar-refractivity contribution in [3.8, 4) is 0 Å². The van der Waals surface area contributed by atoms with Crippen LogP contribution in [0.15, 0.2) is 23.0 Å². The summed E-state index contributed by atoms with van der Waals surface area (Å²) in [4.78, 5) is 0. The van der Waals surface area contributed by atoms with Gasteiger partial charge in [0.05, 0.1) is 17.3 Å². The molecule has 1 rings (SSSR count). The lowest BCUT2D eigenvalue weighted by atomic mass is 10.1. The molecule has 92 valence electrons. The normalized spacial score (nSPS) is 15.0. The van der Waals surface area contributed by atoms with E-state index >= 15 is 0 Å². The molecular formula is C11H19NO3S. The third-order valence-corrected chi connectivity index (χ3v) is 5.03. The van der Waals surface area contributed by atoms with Crippen molar-refractivity contribution < 1.29 is 12.8 Å². The molecule has 0 aliphatic rings. The van der Waals surface area contributed by atoms with Crippen molar-refractivity contribution in [2.75, 3.05) is 12.8 Å². The fourth-order valence-corrected chi connectivity index (χ4v) is 1.51. The summed E-state index contributed by atoms with van der Waals surface area (Å²) >= 11 is 0. The minimum Gasteiger partial charge on any atom is -0.472 e. The number of hydrogen-bond acceptors (Lipinski definition) is 4. The molecule has 0 amide bonds. The van der Waals surface area contributed by atoms with Crippen LogP contribution in [-0.4, -0.2) is 26.0 Å². The third-order valence-electron chi connectivity index (χ3n) is 2.88. The Labute approximate surface area is 97.0 Å². The number of hydrogen-bond donors (Lipinski definition) is 1. The quantitative estimate of drug-likeness (QED) is 0.858. The zero-order chi connectivity index (χ0) is 12.4. The number of rotatable bonds is 5. The maximum absolute atomic E-state index is 11.5. The second-order valence-corrected chi connectivity index (χ2v) is 7.34. The first kappa shape index (κ1) is 13.3. The molecule has 0 saturated heterocycles. The van der Waals surface area contributed by atoms with Gasteiger partial charge < -0.3 is 9.73 Å². The van der Waals surface area contributed by atoms with Crippen molar-refractivity contribution in [1.82, 2.24) is 5.32 Å². The zero-order valence-corrected chi connectivity index (χ0v) is 11.0. The molecule has 5 heteroatoms. The number of furan rings is 1. The molecule has 0 aliphatic heterocycles. The van der Waals surface area contributed by atoms with Gasteiger partial charge in [0.25, 0.3) is 0 Å². The summed E-state index contributed by atoms with van der Waals surface area (Å²) in [6.45, 7) is 5.83. The second-order valence-electron chi connectivity index (χ2n) is 4.69. The highest BCUT2D eigenvalue weighted by Gasteiger charge is 2.30. The minimum atomic E-state index is -3.05. The van der Waals surface area contributed by atoms with Crippen molar-refractivity contribution in [2.24, 2.45) is 0 Å². The smallest absolute Gasteiger partial charge is 0.153 e. The predicted octanol–water partition coefficient (Wildman–Crippen LogP) is 1.75. The van der Waals surface area contributed by atoms with E-state index in [2.05, 4.69) is 5.32 Å². The molecule has 1 aromatic heterocycles. The maximum Gasteiger partial charge on any atom is 0.153 e. The fourth-order valence-electron chi connectivity index (χ4n) is 1.17. The van der Waals surface area contributed by atoms with Crippen LogP contribution in [0.2, 0.25) is 0 Å². The Morgan fingerprint density at radius 3 is 2.56 bits per heavy atom. The third kappa shape index (κ3) is 3.09. The highest BCUT2D eigenvalue weighted by molar-refractivity contribution is 7.92. The summed E-state index contributed by atoms with van der Waals surface area (Å²) in [6, 6.07) is 1.95. The molecule has 1 heterocycles. The summed E-state index contributed by atoms with van der Waals surface area (Å²) in [5.41, 5.74) is 1.02. The summed E-state index contributed by atoms with van der Waals surface area (Å²) in [5, 5.41) is 3.19. The lowest BCUT2D eigenvalue weighted by Gasteiger charge is -2.25. The molecule has 0 radical (unpaired) electrons. The van der Waals surface area contributed by atoms with Crippen LogP contribution in [0.1, 0.15) is 32.4 Å². The van der Waals surface area contributed by atoms with Gasteiger partial charge in [0.15, 0.2) is 9.84 Å². The summed E-state index contributed by atoms with van der Waals surface area (Å²) < 4.78 is 27.2. The van der Waals surface area contributed by atoms with Gasteiger partial charge in [0.2, 0.25) is 0 Å². The Hall–Kier alpha value is -0.810. The van der Waals surface area contributed by atoms with Gasteiger partial charge in [-0.05, 0) is 26.8 Å². The predicted molar refractivity (Wildman–Crippen MR) is 64.0 cm³/mol. The van der Waals surface area contributed by atoms with Crippen LogP contribution in [-0.2, 0) is 9.84 Å². The van der Waals surface area contributed by atoms with Crippen molar-refractivity contribution in [1.29, 1.82) is 0 Å². The molecule has 4 nitrogen and oxygen atoms in total. The molecule has 0 spiro atoms.